The zero-order valence-corrected chi connectivity index (χ0v) is 13.7. The van der Waals surface area contributed by atoms with E-state index in [9.17, 15) is 0 Å². The second kappa shape index (κ2) is 7.14. The van der Waals surface area contributed by atoms with Crippen LogP contribution in [0.3, 0.4) is 0 Å². The van der Waals surface area contributed by atoms with E-state index in [1.807, 2.05) is 0 Å². The van der Waals surface area contributed by atoms with Crippen LogP contribution in [0.1, 0.15) is 37.4 Å². The van der Waals surface area contributed by atoms with Gasteiger partial charge in [-0.2, -0.15) is 0 Å². The van der Waals surface area contributed by atoms with Gasteiger partial charge in [0, 0.05) is 12.0 Å². The van der Waals surface area contributed by atoms with Crippen LogP contribution in [-0.2, 0) is 4.74 Å². The topological polar surface area (TPSA) is 39.7 Å². The second-order valence-electron chi connectivity index (χ2n) is 5.74. The third-order valence-corrected chi connectivity index (χ3v) is 4.23. The number of benzene rings is 1. The third kappa shape index (κ3) is 3.50. The van der Waals surface area contributed by atoms with Crippen molar-refractivity contribution < 1.29 is 14.2 Å². The van der Waals surface area contributed by atoms with Gasteiger partial charge in [0.05, 0.1) is 26.9 Å². The van der Waals surface area contributed by atoms with E-state index in [1.54, 1.807) is 14.2 Å². The molecule has 1 N–H and O–H groups in total. The van der Waals surface area contributed by atoms with Crippen LogP contribution >= 0.6 is 0 Å². The minimum atomic E-state index is 0.291. The average Bonchev–Trinajstić information content (AvgIpc) is 2.91. The summed E-state index contributed by atoms with van der Waals surface area (Å²) in [7, 11) is 3.35. The van der Waals surface area contributed by atoms with Crippen molar-refractivity contribution in [2.45, 2.75) is 39.3 Å². The van der Waals surface area contributed by atoms with Crippen molar-refractivity contribution in [3.63, 3.8) is 0 Å². The summed E-state index contributed by atoms with van der Waals surface area (Å²) in [6.45, 7) is 8.16. The molecule has 1 saturated heterocycles. The Morgan fingerprint density at radius 2 is 1.95 bits per heavy atom. The fourth-order valence-electron chi connectivity index (χ4n) is 3.16. The molecule has 21 heavy (non-hydrogen) atoms. The molecule has 1 fully saturated rings. The highest BCUT2D eigenvalue weighted by atomic mass is 16.5. The van der Waals surface area contributed by atoms with Crippen molar-refractivity contribution in [3.8, 4) is 11.5 Å². The van der Waals surface area contributed by atoms with Crippen LogP contribution in [0, 0.1) is 12.8 Å². The van der Waals surface area contributed by atoms with Crippen LogP contribution in [0.4, 0.5) is 0 Å². The Balaban J connectivity index is 2.35. The molecule has 1 aromatic rings. The second-order valence-corrected chi connectivity index (χ2v) is 5.74. The minimum absolute atomic E-state index is 0.291. The van der Waals surface area contributed by atoms with E-state index in [0.29, 0.717) is 18.1 Å². The SMILES string of the molecule is CCNC(c1cc(OC)c(OC)cc1C)C1COC(C)C1. The maximum Gasteiger partial charge on any atom is 0.161 e. The van der Waals surface area contributed by atoms with Crippen molar-refractivity contribution in [2.24, 2.45) is 5.92 Å². The molecule has 0 saturated carbocycles. The predicted molar refractivity (Wildman–Crippen MR) is 84.2 cm³/mol. The summed E-state index contributed by atoms with van der Waals surface area (Å²) in [6.07, 6.45) is 1.43. The molecular formula is C17H27NO3. The monoisotopic (exact) mass is 293 g/mol. The van der Waals surface area contributed by atoms with E-state index in [4.69, 9.17) is 14.2 Å². The van der Waals surface area contributed by atoms with Gasteiger partial charge in [-0.1, -0.05) is 6.92 Å². The van der Waals surface area contributed by atoms with Gasteiger partial charge in [-0.3, -0.25) is 0 Å². The van der Waals surface area contributed by atoms with E-state index < -0.39 is 0 Å². The van der Waals surface area contributed by atoms with Crippen LogP contribution in [0.15, 0.2) is 12.1 Å². The number of ether oxygens (including phenoxy) is 3. The normalized spacial score (nSPS) is 23.1. The van der Waals surface area contributed by atoms with Crippen molar-refractivity contribution >= 4 is 0 Å². The fourth-order valence-corrected chi connectivity index (χ4v) is 3.16. The van der Waals surface area contributed by atoms with Gasteiger partial charge >= 0.3 is 0 Å². The molecule has 0 bridgehead atoms. The molecule has 118 valence electrons. The molecule has 0 aliphatic carbocycles. The molecule has 2 rings (SSSR count). The van der Waals surface area contributed by atoms with Gasteiger partial charge in [0.1, 0.15) is 0 Å². The Morgan fingerprint density at radius 1 is 1.29 bits per heavy atom. The van der Waals surface area contributed by atoms with Gasteiger partial charge in [0.2, 0.25) is 0 Å². The van der Waals surface area contributed by atoms with Crippen molar-refractivity contribution in [1.29, 1.82) is 0 Å². The van der Waals surface area contributed by atoms with Gasteiger partial charge in [-0.15, -0.1) is 0 Å². The Kier molecular flexibility index (Phi) is 5.48. The van der Waals surface area contributed by atoms with Crippen LogP contribution in [0.5, 0.6) is 11.5 Å². The fraction of sp³-hybridized carbons (Fsp3) is 0.647. The molecule has 0 amide bonds. The van der Waals surface area contributed by atoms with Crippen molar-refractivity contribution in [1.82, 2.24) is 5.32 Å². The van der Waals surface area contributed by atoms with Gasteiger partial charge in [0.25, 0.3) is 0 Å². The smallest absolute Gasteiger partial charge is 0.161 e. The average molecular weight is 293 g/mol. The lowest BCUT2D eigenvalue weighted by atomic mass is 9.88. The molecule has 3 unspecified atom stereocenters. The number of hydrogen-bond acceptors (Lipinski definition) is 4. The quantitative estimate of drug-likeness (QED) is 0.875. The number of hydrogen-bond donors (Lipinski definition) is 1. The van der Waals surface area contributed by atoms with E-state index >= 15 is 0 Å². The summed E-state index contributed by atoms with van der Waals surface area (Å²) >= 11 is 0. The first kappa shape index (κ1) is 16.1. The lowest BCUT2D eigenvalue weighted by Gasteiger charge is -2.26. The Hall–Kier alpha value is -1.26. The van der Waals surface area contributed by atoms with E-state index in [1.165, 1.54) is 11.1 Å². The molecule has 1 aliphatic rings. The molecule has 1 aliphatic heterocycles. The standard InChI is InChI=1S/C17H27NO3/c1-6-18-17(13-8-12(3)21-10-13)14-9-16(20-5)15(19-4)7-11(14)2/h7,9,12-13,17-18H,6,8,10H2,1-5H3. The van der Waals surface area contributed by atoms with Crippen LogP contribution in [0.25, 0.3) is 0 Å². The zero-order valence-electron chi connectivity index (χ0n) is 13.7. The molecular weight excluding hydrogens is 266 g/mol. The summed E-state index contributed by atoms with van der Waals surface area (Å²) in [6, 6.07) is 4.45. The summed E-state index contributed by atoms with van der Waals surface area (Å²) in [5, 5.41) is 3.61. The third-order valence-electron chi connectivity index (χ3n) is 4.23. The number of aryl methyl sites for hydroxylation is 1. The molecule has 4 nitrogen and oxygen atoms in total. The lowest BCUT2D eigenvalue weighted by Crippen LogP contribution is -2.29. The number of methoxy groups -OCH3 is 2. The molecule has 4 heteroatoms. The van der Waals surface area contributed by atoms with Crippen molar-refractivity contribution in [3.05, 3.63) is 23.3 Å². The highest BCUT2D eigenvalue weighted by molar-refractivity contribution is 5.48. The molecule has 0 radical (unpaired) electrons. The summed E-state index contributed by atoms with van der Waals surface area (Å²) < 4.78 is 16.6. The maximum atomic E-state index is 5.76. The first-order valence-corrected chi connectivity index (χ1v) is 7.68. The first-order valence-electron chi connectivity index (χ1n) is 7.68. The predicted octanol–water partition coefficient (Wildman–Crippen LogP) is 3.09. The minimum Gasteiger partial charge on any atom is -0.493 e. The number of rotatable bonds is 6. The Labute approximate surface area is 127 Å². The summed E-state index contributed by atoms with van der Waals surface area (Å²) in [5.41, 5.74) is 2.50. The van der Waals surface area contributed by atoms with Gasteiger partial charge in [-0.05, 0) is 50.1 Å². The summed E-state index contributed by atoms with van der Waals surface area (Å²) in [4.78, 5) is 0. The largest absolute Gasteiger partial charge is 0.493 e. The maximum absolute atomic E-state index is 5.76. The van der Waals surface area contributed by atoms with Crippen LogP contribution in [0.2, 0.25) is 0 Å². The van der Waals surface area contributed by atoms with E-state index in [-0.39, 0.29) is 0 Å². The molecule has 0 spiro atoms. The van der Waals surface area contributed by atoms with Crippen LogP contribution in [-0.4, -0.2) is 33.5 Å². The zero-order chi connectivity index (χ0) is 15.4. The van der Waals surface area contributed by atoms with Crippen LogP contribution < -0.4 is 14.8 Å². The molecule has 3 atom stereocenters. The van der Waals surface area contributed by atoms with E-state index in [2.05, 4.69) is 38.2 Å². The number of nitrogens with one attached hydrogen (secondary N) is 1. The Morgan fingerprint density at radius 3 is 2.48 bits per heavy atom. The van der Waals surface area contributed by atoms with E-state index in [0.717, 1.165) is 31.1 Å². The highest BCUT2D eigenvalue weighted by Gasteiger charge is 2.31. The van der Waals surface area contributed by atoms with Gasteiger partial charge in [0.15, 0.2) is 11.5 Å². The van der Waals surface area contributed by atoms with Gasteiger partial charge < -0.3 is 19.5 Å². The molecule has 0 aromatic heterocycles. The highest BCUT2D eigenvalue weighted by Crippen LogP contribution is 2.38. The van der Waals surface area contributed by atoms with Gasteiger partial charge in [-0.25, -0.2) is 0 Å². The Bertz CT molecular complexity index is 475. The summed E-state index contributed by atoms with van der Waals surface area (Å²) in [5.74, 6) is 2.06. The lowest BCUT2D eigenvalue weighted by molar-refractivity contribution is 0.117. The van der Waals surface area contributed by atoms with Crippen molar-refractivity contribution in [2.75, 3.05) is 27.4 Å². The first-order chi connectivity index (χ1) is 10.1. The molecule has 1 heterocycles. The molecule has 1 aromatic carbocycles.